The Hall–Kier alpha value is -0.0800. The summed E-state index contributed by atoms with van der Waals surface area (Å²) < 4.78 is 0. The second-order valence-corrected chi connectivity index (χ2v) is 5.88. The predicted octanol–water partition coefficient (Wildman–Crippen LogP) is 2.49. The maximum Gasteiger partial charge on any atom is 0.0224 e. The molecular weight excluding hydrogens is 196 g/mol. The summed E-state index contributed by atoms with van der Waals surface area (Å²) in [5, 5.41) is 3.76. The molecule has 2 heteroatoms. The summed E-state index contributed by atoms with van der Waals surface area (Å²) in [6.07, 6.45) is 5.53. The van der Waals surface area contributed by atoms with Gasteiger partial charge in [0.05, 0.1) is 0 Å². The quantitative estimate of drug-likeness (QED) is 0.772. The van der Waals surface area contributed by atoms with Crippen LogP contribution in [0.15, 0.2) is 0 Å². The van der Waals surface area contributed by atoms with Crippen molar-refractivity contribution in [2.75, 3.05) is 19.6 Å². The van der Waals surface area contributed by atoms with Gasteiger partial charge in [0.2, 0.25) is 0 Å². The lowest BCUT2D eigenvalue weighted by atomic mass is 10.0. The molecule has 1 aliphatic carbocycles. The fraction of sp³-hybridized carbons (Fsp3) is 1.00. The van der Waals surface area contributed by atoms with E-state index in [1.807, 2.05) is 0 Å². The van der Waals surface area contributed by atoms with E-state index in [0.717, 1.165) is 23.9 Å². The molecule has 2 aliphatic rings. The van der Waals surface area contributed by atoms with Crippen LogP contribution in [0.2, 0.25) is 0 Å². The Labute approximate surface area is 101 Å². The maximum atomic E-state index is 3.76. The van der Waals surface area contributed by atoms with Crippen LogP contribution in [0.3, 0.4) is 0 Å². The van der Waals surface area contributed by atoms with E-state index in [9.17, 15) is 0 Å². The van der Waals surface area contributed by atoms with Crippen LogP contribution in [0.5, 0.6) is 0 Å². The molecule has 0 aromatic carbocycles. The Kier molecular flexibility index (Phi) is 4.26. The Morgan fingerprint density at radius 2 is 2.06 bits per heavy atom. The first kappa shape index (κ1) is 12.4. The van der Waals surface area contributed by atoms with E-state index < -0.39 is 0 Å². The van der Waals surface area contributed by atoms with Crippen molar-refractivity contribution in [1.82, 2.24) is 10.2 Å². The Bertz CT molecular complexity index is 213. The molecule has 0 spiro atoms. The van der Waals surface area contributed by atoms with Crippen molar-refractivity contribution in [3.63, 3.8) is 0 Å². The van der Waals surface area contributed by atoms with E-state index in [1.54, 1.807) is 0 Å². The zero-order valence-corrected chi connectivity index (χ0v) is 11.2. The second kappa shape index (κ2) is 5.50. The predicted molar refractivity (Wildman–Crippen MR) is 69.6 cm³/mol. The Morgan fingerprint density at radius 3 is 2.62 bits per heavy atom. The summed E-state index contributed by atoms with van der Waals surface area (Å²) >= 11 is 0. The Balaban J connectivity index is 1.87. The third kappa shape index (κ3) is 2.98. The zero-order valence-electron chi connectivity index (χ0n) is 11.2. The summed E-state index contributed by atoms with van der Waals surface area (Å²) in [5.74, 6) is 1.85. The number of rotatable bonds is 5. The van der Waals surface area contributed by atoms with Crippen LogP contribution in [-0.2, 0) is 0 Å². The van der Waals surface area contributed by atoms with Crippen LogP contribution >= 0.6 is 0 Å². The van der Waals surface area contributed by atoms with Gasteiger partial charge in [0.25, 0.3) is 0 Å². The number of hydrogen-bond acceptors (Lipinski definition) is 2. The Morgan fingerprint density at radius 1 is 1.31 bits per heavy atom. The van der Waals surface area contributed by atoms with E-state index in [4.69, 9.17) is 0 Å². The molecule has 1 N–H and O–H groups in total. The van der Waals surface area contributed by atoms with Crippen LogP contribution < -0.4 is 5.32 Å². The molecule has 1 aliphatic heterocycles. The van der Waals surface area contributed by atoms with Crippen molar-refractivity contribution in [2.24, 2.45) is 11.8 Å². The summed E-state index contributed by atoms with van der Waals surface area (Å²) in [5.41, 5.74) is 0. The van der Waals surface area contributed by atoms with Gasteiger partial charge in [0.15, 0.2) is 0 Å². The van der Waals surface area contributed by atoms with Gasteiger partial charge in [-0.05, 0) is 31.1 Å². The molecule has 16 heavy (non-hydrogen) atoms. The number of nitrogens with one attached hydrogen (secondary N) is 1. The lowest BCUT2D eigenvalue weighted by Gasteiger charge is -2.41. The molecule has 0 bridgehead atoms. The third-order valence-electron chi connectivity index (χ3n) is 4.47. The van der Waals surface area contributed by atoms with Gasteiger partial charge in [-0.3, -0.25) is 4.90 Å². The van der Waals surface area contributed by atoms with Crippen LogP contribution in [0.25, 0.3) is 0 Å². The molecule has 1 saturated carbocycles. The van der Waals surface area contributed by atoms with Gasteiger partial charge >= 0.3 is 0 Å². The smallest absolute Gasteiger partial charge is 0.0224 e. The van der Waals surface area contributed by atoms with Gasteiger partial charge in [-0.25, -0.2) is 0 Å². The monoisotopic (exact) mass is 224 g/mol. The molecule has 2 rings (SSSR count). The molecule has 0 aromatic rings. The summed E-state index contributed by atoms with van der Waals surface area (Å²) in [6, 6.07) is 1.58. The number of nitrogens with zero attached hydrogens (tertiary/aromatic N) is 1. The largest absolute Gasteiger partial charge is 0.311 e. The minimum absolute atomic E-state index is 0.781. The van der Waals surface area contributed by atoms with Crippen LogP contribution in [0, 0.1) is 11.8 Å². The molecule has 3 unspecified atom stereocenters. The highest BCUT2D eigenvalue weighted by Gasteiger charge is 2.36. The maximum absolute atomic E-state index is 3.76. The SMILES string of the molecule is CCC(C)CN1CC(C2CC2)NCC1CC. The van der Waals surface area contributed by atoms with E-state index in [-0.39, 0.29) is 0 Å². The molecule has 0 aromatic heterocycles. The average Bonchev–Trinajstić information content (AvgIpc) is 3.12. The number of hydrogen-bond donors (Lipinski definition) is 1. The van der Waals surface area contributed by atoms with Crippen LogP contribution in [0.1, 0.15) is 46.5 Å². The van der Waals surface area contributed by atoms with Gasteiger partial charge < -0.3 is 5.32 Å². The molecule has 1 saturated heterocycles. The summed E-state index contributed by atoms with van der Waals surface area (Å²) in [6.45, 7) is 10.8. The van der Waals surface area contributed by atoms with Crippen LogP contribution in [0.4, 0.5) is 0 Å². The average molecular weight is 224 g/mol. The van der Waals surface area contributed by atoms with E-state index in [1.165, 1.54) is 45.3 Å². The van der Waals surface area contributed by atoms with E-state index in [2.05, 4.69) is 31.0 Å². The molecule has 0 amide bonds. The lowest BCUT2D eigenvalue weighted by Crippen LogP contribution is -2.57. The van der Waals surface area contributed by atoms with Gasteiger partial charge in [0, 0.05) is 31.7 Å². The van der Waals surface area contributed by atoms with E-state index >= 15 is 0 Å². The fourth-order valence-corrected chi connectivity index (χ4v) is 2.85. The highest BCUT2D eigenvalue weighted by Crippen LogP contribution is 2.34. The molecule has 2 fully saturated rings. The fourth-order valence-electron chi connectivity index (χ4n) is 2.85. The second-order valence-electron chi connectivity index (χ2n) is 5.88. The molecule has 0 radical (unpaired) electrons. The minimum Gasteiger partial charge on any atom is -0.311 e. The van der Waals surface area contributed by atoms with Crippen molar-refractivity contribution in [3.8, 4) is 0 Å². The van der Waals surface area contributed by atoms with Crippen molar-refractivity contribution in [2.45, 2.75) is 58.5 Å². The highest BCUT2D eigenvalue weighted by atomic mass is 15.2. The van der Waals surface area contributed by atoms with Gasteiger partial charge in [-0.15, -0.1) is 0 Å². The van der Waals surface area contributed by atoms with Gasteiger partial charge in [-0.1, -0.05) is 27.2 Å². The lowest BCUT2D eigenvalue weighted by molar-refractivity contribution is 0.102. The highest BCUT2D eigenvalue weighted by molar-refractivity contribution is 4.94. The standard InChI is InChI=1S/C14H28N2/c1-4-11(3)9-16-10-14(12-6-7-12)15-8-13(16)5-2/h11-15H,4-10H2,1-3H3. The van der Waals surface area contributed by atoms with Gasteiger partial charge in [0.1, 0.15) is 0 Å². The molecule has 3 atom stereocenters. The molecule has 1 heterocycles. The minimum atomic E-state index is 0.781. The first-order valence-corrected chi connectivity index (χ1v) is 7.22. The van der Waals surface area contributed by atoms with E-state index in [0.29, 0.717) is 0 Å². The summed E-state index contributed by atoms with van der Waals surface area (Å²) in [4.78, 5) is 2.76. The third-order valence-corrected chi connectivity index (χ3v) is 4.47. The van der Waals surface area contributed by atoms with Gasteiger partial charge in [-0.2, -0.15) is 0 Å². The van der Waals surface area contributed by atoms with Crippen LogP contribution in [-0.4, -0.2) is 36.6 Å². The first-order chi connectivity index (χ1) is 7.74. The van der Waals surface area contributed by atoms with Crippen molar-refractivity contribution in [1.29, 1.82) is 0 Å². The normalized spacial score (nSPS) is 33.9. The first-order valence-electron chi connectivity index (χ1n) is 7.22. The van der Waals surface area contributed by atoms with Crippen molar-refractivity contribution in [3.05, 3.63) is 0 Å². The molecule has 2 nitrogen and oxygen atoms in total. The summed E-state index contributed by atoms with van der Waals surface area (Å²) in [7, 11) is 0. The molecular formula is C14H28N2. The molecule has 94 valence electrons. The number of piperazine rings is 1. The zero-order chi connectivity index (χ0) is 11.5. The van der Waals surface area contributed by atoms with Crippen molar-refractivity contribution < 1.29 is 0 Å². The topological polar surface area (TPSA) is 15.3 Å². The van der Waals surface area contributed by atoms with Crippen molar-refractivity contribution >= 4 is 0 Å².